The first kappa shape index (κ1) is 18.9. The number of benzene rings is 1. The van der Waals surface area contributed by atoms with Crippen molar-refractivity contribution in [3.63, 3.8) is 0 Å². The van der Waals surface area contributed by atoms with Gasteiger partial charge in [-0.1, -0.05) is 6.07 Å². The zero-order valence-electron chi connectivity index (χ0n) is 14.2. The van der Waals surface area contributed by atoms with Crippen LogP contribution in [0.4, 0.5) is 5.69 Å². The van der Waals surface area contributed by atoms with E-state index >= 15 is 0 Å². The third-order valence-electron chi connectivity index (χ3n) is 3.94. The number of carbonyl (C=O) groups excluding carboxylic acids is 1. The molecule has 1 amide bonds. The second kappa shape index (κ2) is 8.57. The van der Waals surface area contributed by atoms with Gasteiger partial charge in [0.1, 0.15) is 0 Å². The van der Waals surface area contributed by atoms with Crippen molar-refractivity contribution in [3.8, 4) is 0 Å². The number of hydrogen-bond donors (Lipinski definition) is 2. The fraction of sp³-hybridized carbons (Fsp3) is 0.562. The lowest BCUT2D eigenvalue weighted by atomic mass is 10.0. The summed E-state index contributed by atoms with van der Waals surface area (Å²) < 4.78 is 32.3. The minimum atomic E-state index is -3.59. The standard InChI is InChI=1S/C16H25N3O4S/c1-13(20)19-10-3-4-14-5-6-15(12-16(14)19)24(21,22)18-8-7-17-9-11-23-2/h5-6,12,17-18H,3-4,7-11H2,1-2H3. The molecule has 0 aliphatic carbocycles. The Morgan fingerprint density at radius 2 is 2.08 bits per heavy atom. The number of fused-ring (bicyclic) bond motifs is 1. The fourth-order valence-corrected chi connectivity index (χ4v) is 3.76. The molecule has 0 atom stereocenters. The molecule has 0 saturated carbocycles. The van der Waals surface area contributed by atoms with Crippen LogP contribution in [0, 0.1) is 0 Å². The lowest BCUT2D eigenvalue weighted by Crippen LogP contribution is -2.35. The maximum absolute atomic E-state index is 12.4. The number of amides is 1. The van der Waals surface area contributed by atoms with Crippen LogP contribution in [0.5, 0.6) is 0 Å². The number of sulfonamides is 1. The average Bonchev–Trinajstić information content (AvgIpc) is 2.56. The van der Waals surface area contributed by atoms with Crippen molar-refractivity contribution in [1.82, 2.24) is 10.0 Å². The van der Waals surface area contributed by atoms with E-state index in [1.54, 1.807) is 30.2 Å². The Hall–Kier alpha value is -1.48. The molecule has 1 heterocycles. The van der Waals surface area contributed by atoms with E-state index < -0.39 is 10.0 Å². The van der Waals surface area contributed by atoms with Crippen molar-refractivity contribution in [2.75, 3.05) is 44.8 Å². The Morgan fingerprint density at radius 3 is 2.79 bits per heavy atom. The lowest BCUT2D eigenvalue weighted by molar-refractivity contribution is -0.116. The first-order valence-corrected chi connectivity index (χ1v) is 9.54. The maximum Gasteiger partial charge on any atom is 0.240 e. The number of nitrogens with zero attached hydrogens (tertiary/aromatic N) is 1. The molecule has 0 bridgehead atoms. The molecule has 1 aromatic carbocycles. The SMILES string of the molecule is COCCNCCNS(=O)(=O)c1ccc2c(c1)N(C(C)=O)CCC2. The predicted octanol–water partition coefficient (Wildman–Crippen LogP) is 0.500. The van der Waals surface area contributed by atoms with E-state index in [9.17, 15) is 13.2 Å². The van der Waals surface area contributed by atoms with Crippen molar-refractivity contribution in [2.24, 2.45) is 0 Å². The Labute approximate surface area is 143 Å². The summed E-state index contributed by atoms with van der Waals surface area (Å²) in [6.07, 6.45) is 1.75. The highest BCUT2D eigenvalue weighted by Crippen LogP contribution is 2.29. The van der Waals surface area contributed by atoms with Gasteiger partial charge in [-0.25, -0.2) is 13.1 Å². The molecule has 0 fully saturated rings. The van der Waals surface area contributed by atoms with Crippen molar-refractivity contribution in [1.29, 1.82) is 0 Å². The van der Waals surface area contributed by atoms with Gasteiger partial charge >= 0.3 is 0 Å². The minimum Gasteiger partial charge on any atom is -0.383 e. The van der Waals surface area contributed by atoms with Gasteiger partial charge in [0, 0.05) is 45.9 Å². The van der Waals surface area contributed by atoms with Crippen LogP contribution in [0.2, 0.25) is 0 Å². The van der Waals surface area contributed by atoms with Gasteiger partial charge in [-0.2, -0.15) is 0 Å². The van der Waals surface area contributed by atoms with E-state index in [1.165, 1.54) is 6.92 Å². The molecular weight excluding hydrogens is 330 g/mol. The second-order valence-corrected chi connectivity index (χ2v) is 7.47. The number of rotatable bonds is 8. The predicted molar refractivity (Wildman–Crippen MR) is 92.7 cm³/mol. The number of methoxy groups -OCH3 is 1. The summed E-state index contributed by atoms with van der Waals surface area (Å²) >= 11 is 0. The van der Waals surface area contributed by atoms with E-state index in [0.29, 0.717) is 38.5 Å². The van der Waals surface area contributed by atoms with Gasteiger partial charge in [0.05, 0.1) is 11.5 Å². The number of hydrogen-bond acceptors (Lipinski definition) is 5. The average molecular weight is 355 g/mol. The van der Waals surface area contributed by atoms with Gasteiger partial charge < -0.3 is 15.0 Å². The van der Waals surface area contributed by atoms with Crippen LogP contribution in [0.25, 0.3) is 0 Å². The normalized spacial score (nSPS) is 14.5. The molecule has 1 aromatic rings. The van der Waals surface area contributed by atoms with Crippen LogP contribution >= 0.6 is 0 Å². The number of aryl methyl sites for hydroxylation is 1. The molecule has 0 aromatic heterocycles. The van der Waals surface area contributed by atoms with Gasteiger partial charge in [-0.15, -0.1) is 0 Å². The smallest absolute Gasteiger partial charge is 0.240 e. The molecule has 0 saturated heterocycles. The van der Waals surface area contributed by atoms with Crippen LogP contribution in [0.15, 0.2) is 23.1 Å². The van der Waals surface area contributed by atoms with Crippen LogP contribution in [-0.2, 0) is 26.0 Å². The van der Waals surface area contributed by atoms with Gasteiger partial charge in [-0.05, 0) is 30.5 Å². The molecule has 0 unspecified atom stereocenters. The van der Waals surface area contributed by atoms with Crippen LogP contribution < -0.4 is 14.9 Å². The first-order chi connectivity index (χ1) is 11.5. The van der Waals surface area contributed by atoms with Crippen LogP contribution in [0.1, 0.15) is 18.9 Å². The molecular formula is C16H25N3O4S. The molecule has 7 nitrogen and oxygen atoms in total. The molecule has 8 heteroatoms. The van der Waals surface area contributed by atoms with E-state index in [-0.39, 0.29) is 10.8 Å². The summed E-state index contributed by atoms with van der Waals surface area (Å²) in [5, 5.41) is 3.08. The second-order valence-electron chi connectivity index (χ2n) is 5.71. The Bertz CT molecular complexity index is 676. The van der Waals surface area contributed by atoms with Gasteiger partial charge in [0.2, 0.25) is 15.9 Å². The molecule has 2 N–H and O–H groups in total. The molecule has 134 valence electrons. The largest absolute Gasteiger partial charge is 0.383 e. The molecule has 24 heavy (non-hydrogen) atoms. The minimum absolute atomic E-state index is 0.0687. The van der Waals surface area contributed by atoms with E-state index in [4.69, 9.17) is 4.74 Å². The summed E-state index contributed by atoms with van der Waals surface area (Å²) in [7, 11) is -1.98. The fourth-order valence-electron chi connectivity index (χ4n) is 2.70. The highest BCUT2D eigenvalue weighted by atomic mass is 32.2. The third-order valence-corrected chi connectivity index (χ3v) is 5.40. The number of ether oxygens (including phenoxy) is 1. The molecule has 1 aliphatic rings. The summed E-state index contributed by atoms with van der Waals surface area (Å²) in [6.45, 7) is 4.19. The molecule has 2 rings (SSSR count). The third kappa shape index (κ3) is 4.76. The number of nitrogens with one attached hydrogen (secondary N) is 2. The molecule has 1 aliphatic heterocycles. The van der Waals surface area contributed by atoms with Gasteiger partial charge in [-0.3, -0.25) is 4.79 Å². The summed E-state index contributed by atoms with van der Waals surface area (Å²) in [5.74, 6) is -0.0687. The Morgan fingerprint density at radius 1 is 1.29 bits per heavy atom. The van der Waals surface area contributed by atoms with Crippen molar-refractivity contribution in [2.45, 2.75) is 24.7 Å². The Kier molecular flexibility index (Phi) is 6.73. The van der Waals surface area contributed by atoms with E-state index in [0.717, 1.165) is 18.4 Å². The topological polar surface area (TPSA) is 87.7 Å². The van der Waals surface area contributed by atoms with Crippen molar-refractivity contribution in [3.05, 3.63) is 23.8 Å². The van der Waals surface area contributed by atoms with E-state index in [2.05, 4.69) is 10.0 Å². The van der Waals surface area contributed by atoms with Gasteiger partial charge in [0.25, 0.3) is 0 Å². The zero-order chi connectivity index (χ0) is 17.6. The molecule has 0 spiro atoms. The van der Waals surface area contributed by atoms with Crippen molar-refractivity contribution >= 4 is 21.6 Å². The zero-order valence-corrected chi connectivity index (χ0v) is 15.0. The molecule has 0 radical (unpaired) electrons. The summed E-state index contributed by atoms with van der Waals surface area (Å²) in [6, 6.07) is 5.00. The highest BCUT2D eigenvalue weighted by Gasteiger charge is 2.23. The summed E-state index contributed by atoms with van der Waals surface area (Å²) in [5.41, 5.74) is 1.71. The van der Waals surface area contributed by atoms with E-state index in [1.807, 2.05) is 0 Å². The monoisotopic (exact) mass is 355 g/mol. The van der Waals surface area contributed by atoms with Gasteiger partial charge in [0.15, 0.2) is 0 Å². The van der Waals surface area contributed by atoms with Crippen LogP contribution in [-0.4, -0.2) is 54.2 Å². The maximum atomic E-state index is 12.4. The number of carbonyl (C=O) groups is 1. The number of anilines is 1. The summed E-state index contributed by atoms with van der Waals surface area (Å²) in [4.78, 5) is 13.6. The van der Waals surface area contributed by atoms with Crippen LogP contribution in [0.3, 0.4) is 0 Å². The Balaban J connectivity index is 2.05. The first-order valence-electron chi connectivity index (χ1n) is 8.06. The highest BCUT2D eigenvalue weighted by molar-refractivity contribution is 7.89. The lowest BCUT2D eigenvalue weighted by Gasteiger charge is -2.29. The van der Waals surface area contributed by atoms with Crippen molar-refractivity contribution < 1.29 is 17.9 Å². The quantitative estimate of drug-likeness (QED) is 0.663.